The second-order valence-electron chi connectivity index (χ2n) is 4.72. The van der Waals surface area contributed by atoms with E-state index in [-0.39, 0.29) is 5.56 Å². The average molecular weight is 236 g/mol. The second-order valence-corrected chi connectivity index (χ2v) is 4.72. The van der Waals surface area contributed by atoms with Crippen LogP contribution >= 0.6 is 0 Å². The van der Waals surface area contributed by atoms with E-state index < -0.39 is 11.7 Å². The molecule has 1 fully saturated rings. The highest BCUT2D eigenvalue weighted by Gasteiger charge is 2.23. The first-order valence-electron chi connectivity index (χ1n) is 5.94. The van der Waals surface area contributed by atoms with E-state index in [4.69, 9.17) is 5.73 Å². The van der Waals surface area contributed by atoms with Crippen LogP contribution in [0.4, 0.5) is 10.1 Å². The number of primary amides is 1. The molecule has 17 heavy (non-hydrogen) atoms. The molecule has 0 spiro atoms. The van der Waals surface area contributed by atoms with Crippen LogP contribution in [0.2, 0.25) is 0 Å². The van der Waals surface area contributed by atoms with Crippen LogP contribution in [0.5, 0.6) is 0 Å². The predicted molar refractivity (Wildman–Crippen MR) is 65.3 cm³/mol. The van der Waals surface area contributed by atoms with Crippen molar-refractivity contribution in [2.45, 2.75) is 32.2 Å². The van der Waals surface area contributed by atoms with E-state index in [2.05, 4.69) is 12.2 Å². The van der Waals surface area contributed by atoms with Gasteiger partial charge in [0, 0.05) is 11.7 Å². The van der Waals surface area contributed by atoms with Gasteiger partial charge in [-0.2, -0.15) is 0 Å². The van der Waals surface area contributed by atoms with Gasteiger partial charge in [-0.05, 0) is 37.0 Å². The van der Waals surface area contributed by atoms with Crippen LogP contribution in [0.1, 0.15) is 36.5 Å². The smallest absolute Gasteiger partial charge is 0.251 e. The fourth-order valence-electron chi connectivity index (χ4n) is 2.38. The van der Waals surface area contributed by atoms with Crippen molar-refractivity contribution >= 4 is 11.6 Å². The lowest BCUT2D eigenvalue weighted by Gasteiger charge is -2.19. The fraction of sp³-hybridized carbons (Fsp3) is 0.462. The van der Waals surface area contributed by atoms with Crippen LogP contribution in [0.25, 0.3) is 0 Å². The van der Waals surface area contributed by atoms with Gasteiger partial charge < -0.3 is 11.1 Å². The van der Waals surface area contributed by atoms with Gasteiger partial charge in [0.25, 0.3) is 5.91 Å². The van der Waals surface area contributed by atoms with Gasteiger partial charge in [0.05, 0.1) is 5.56 Å². The number of benzene rings is 1. The van der Waals surface area contributed by atoms with E-state index in [1.54, 1.807) is 6.07 Å². The van der Waals surface area contributed by atoms with Crippen molar-refractivity contribution in [2.24, 2.45) is 11.7 Å². The third-order valence-electron chi connectivity index (χ3n) is 3.45. The molecule has 4 heteroatoms. The summed E-state index contributed by atoms with van der Waals surface area (Å²) in [4.78, 5) is 11.0. The Kier molecular flexibility index (Phi) is 3.31. The Morgan fingerprint density at radius 2 is 2.24 bits per heavy atom. The summed E-state index contributed by atoms with van der Waals surface area (Å²) in [5, 5.41) is 3.34. The number of nitrogens with two attached hydrogens (primary N) is 1. The van der Waals surface area contributed by atoms with Gasteiger partial charge >= 0.3 is 0 Å². The number of anilines is 1. The molecule has 3 N–H and O–H groups in total. The minimum atomic E-state index is -0.731. The van der Waals surface area contributed by atoms with Crippen molar-refractivity contribution in [3.63, 3.8) is 0 Å². The largest absolute Gasteiger partial charge is 0.382 e. The van der Waals surface area contributed by atoms with Crippen molar-refractivity contribution in [1.82, 2.24) is 0 Å². The van der Waals surface area contributed by atoms with Crippen LogP contribution < -0.4 is 11.1 Å². The molecule has 0 aliphatic heterocycles. The first-order valence-corrected chi connectivity index (χ1v) is 5.94. The molecule has 2 atom stereocenters. The quantitative estimate of drug-likeness (QED) is 0.847. The molecule has 0 saturated heterocycles. The van der Waals surface area contributed by atoms with E-state index >= 15 is 0 Å². The van der Waals surface area contributed by atoms with E-state index in [1.165, 1.54) is 25.0 Å². The van der Waals surface area contributed by atoms with Crippen LogP contribution in [-0.4, -0.2) is 11.9 Å². The Bertz CT molecular complexity index is 433. The minimum absolute atomic E-state index is 0.0550. The number of carbonyl (C=O) groups is 1. The molecule has 0 radical (unpaired) electrons. The molecule has 2 rings (SSSR count). The van der Waals surface area contributed by atoms with Gasteiger partial charge in [0.1, 0.15) is 5.82 Å². The molecule has 2 unspecified atom stereocenters. The summed E-state index contributed by atoms with van der Waals surface area (Å²) in [6.07, 6.45) is 3.54. The molecule has 1 aromatic carbocycles. The Labute approximate surface area is 100 Å². The number of nitrogens with one attached hydrogen (secondary N) is 1. The van der Waals surface area contributed by atoms with E-state index in [9.17, 15) is 9.18 Å². The molecular weight excluding hydrogens is 219 g/mol. The lowest BCUT2D eigenvalue weighted by Crippen LogP contribution is -2.22. The number of rotatable bonds is 3. The summed E-state index contributed by atoms with van der Waals surface area (Å²) in [7, 11) is 0. The van der Waals surface area contributed by atoms with Crippen LogP contribution in [0.15, 0.2) is 18.2 Å². The number of hydrogen-bond donors (Lipinski definition) is 2. The van der Waals surface area contributed by atoms with Gasteiger partial charge in [0.2, 0.25) is 0 Å². The average Bonchev–Trinajstić information content (AvgIpc) is 2.67. The van der Waals surface area contributed by atoms with Crippen LogP contribution in [-0.2, 0) is 0 Å². The number of hydrogen-bond acceptors (Lipinski definition) is 2. The molecule has 1 aliphatic carbocycles. The standard InChI is InChI=1S/C13H17FN2O/c1-8-3-2-4-12(8)16-9-5-6-11(14)10(7-9)13(15)17/h5-8,12,16H,2-4H2,1H3,(H2,15,17). The first kappa shape index (κ1) is 11.9. The van der Waals surface area contributed by atoms with Gasteiger partial charge in [-0.3, -0.25) is 4.79 Å². The lowest BCUT2D eigenvalue weighted by molar-refractivity contribution is 0.0996. The first-order chi connectivity index (χ1) is 8.08. The summed E-state index contributed by atoms with van der Waals surface area (Å²) in [5.41, 5.74) is 5.82. The fourth-order valence-corrected chi connectivity index (χ4v) is 2.38. The number of halogens is 1. The maximum atomic E-state index is 13.3. The molecule has 1 aliphatic rings. The van der Waals surface area contributed by atoms with Gasteiger partial charge in [0.15, 0.2) is 0 Å². The highest BCUT2D eigenvalue weighted by atomic mass is 19.1. The lowest BCUT2D eigenvalue weighted by atomic mass is 10.1. The van der Waals surface area contributed by atoms with E-state index in [0.29, 0.717) is 12.0 Å². The molecular formula is C13H17FN2O. The summed E-state index contributed by atoms with van der Waals surface area (Å²) >= 11 is 0. The topological polar surface area (TPSA) is 55.1 Å². The zero-order valence-corrected chi connectivity index (χ0v) is 9.87. The van der Waals surface area contributed by atoms with Crippen molar-refractivity contribution in [3.8, 4) is 0 Å². The van der Waals surface area contributed by atoms with Crippen LogP contribution in [0.3, 0.4) is 0 Å². The normalized spacial score (nSPS) is 23.6. The maximum Gasteiger partial charge on any atom is 0.251 e. The van der Waals surface area contributed by atoms with Gasteiger partial charge in [-0.25, -0.2) is 4.39 Å². The second kappa shape index (κ2) is 4.73. The summed E-state index contributed by atoms with van der Waals surface area (Å²) in [6.45, 7) is 2.20. The summed E-state index contributed by atoms with van der Waals surface area (Å²) in [5.74, 6) is -0.690. The van der Waals surface area contributed by atoms with Crippen LogP contribution in [0, 0.1) is 11.7 Å². The number of amides is 1. The van der Waals surface area contributed by atoms with Gasteiger partial charge in [-0.15, -0.1) is 0 Å². The van der Waals surface area contributed by atoms with Crippen molar-refractivity contribution in [2.75, 3.05) is 5.32 Å². The molecule has 0 heterocycles. The molecule has 1 saturated carbocycles. The zero-order chi connectivity index (χ0) is 12.4. The molecule has 92 valence electrons. The molecule has 1 aromatic rings. The highest BCUT2D eigenvalue weighted by Crippen LogP contribution is 2.28. The summed E-state index contributed by atoms with van der Waals surface area (Å²) < 4.78 is 13.3. The molecule has 1 amide bonds. The van der Waals surface area contributed by atoms with E-state index in [1.807, 2.05) is 0 Å². The molecule has 3 nitrogen and oxygen atoms in total. The third kappa shape index (κ3) is 2.57. The van der Waals surface area contributed by atoms with Crippen molar-refractivity contribution < 1.29 is 9.18 Å². The Hall–Kier alpha value is -1.58. The third-order valence-corrected chi connectivity index (χ3v) is 3.45. The van der Waals surface area contributed by atoms with Crippen molar-refractivity contribution in [1.29, 1.82) is 0 Å². The Morgan fingerprint density at radius 1 is 1.47 bits per heavy atom. The monoisotopic (exact) mass is 236 g/mol. The Balaban J connectivity index is 2.16. The van der Waals surface area contributed by atoms with E-state index in [0.717, 1.165) is 12.1 Å². The number of carbonyl (C=O) groups excluding carboxylic acids is 1. The molecule has 0 aromatic heterocycles. The zero-order valence-electron chi connectivity index (χ0n) is 9.87. The molecule has 0 bridgehead atoms. The van der Waals surface area contributed by atoms with Crippen molar-refractivity contribution in [3.05, 3.63) is 29.6 Å². The summed E-state index contributed by atoms with van der Waals surface area (Å²) in [6, 6.07) is 4.82. The minimum Gasteiger partial charge on any atom is -0.382 e. The van der Waals surface area contributed by atoms with Gasteiger partial charge in [-0.1, -0.05) is 13.3 Å². The maximum absolute atomic E-state index is 13.3. The SMILES string of the molecule is CC1CCCC1Nc1ccc(F)c(C(N)=O)c1. The highest BCUT2D eigenvalue weighted by molar-refractivity contribution is 5.94. The Morgan fingerprint density at radius 3 is 2.82 bits per heavy atom. The predicted octanol–water partition coefficient (Wildman–Crippen LogP) is 2.53.